The van der Waals surface area contributed by atoms with Crippen molar-refractivity contribution in [2.24, 2.45) is 10.2 Å². The molecule has 0 saturated carbocycles. The van der Waals surface area contributed by atoms with Crippen molar-refractivity contribution in [3.05, 3.63) is 59.9 Å². The van der Waals surface area contributed by atoms with Gasteiger partial charge in [0.1, 0.15) is 26.1 Å². The minimum atomic E-state index is -5.15. The predicted octanol–water partition coefficient (Wildman–Crippen LogP) is 4.04. The fourth-order valence-electron chi connectivity index (χ4n) is 4.43. The van der Waals surface area contributed by atoms with Gasteiger partial charge in [-0.1, -0.05) is 18.2 Å². The molecule has 5 aromatic rings. The second kappa shape index (κ2) is 11.1. The lowest BCUT2D eigenvalue weighted by molar-refractivity contribution is 0.472. The van der Waals surface area contributed by atoms with Crippen molar-refractivity contribution < 1.29 is 44.0 Å². The van der Waals surface area contributed by atoms with Gasteiger partial charge in [0.05, 0.1) is 0 Å². The number of azo groups is 1. The molecule has 5 rings (SSSR count). The monoisotopic (exact) mass is 695 g/mol. The molecule has 0 bridgehead atoms. The molecule has 0 unspecified atom stereocenters. The summed E-state index contributed by atoms with van der Waals surface area (Å²) < 4.78 is 103. The number of aromatic hydroxyl groups is 1. The van der Waals surface area contributed by atoms with E-state index >= 15 is 0 Å². The number of fused-ring (bicyclic) bond motifs is 2. The van der Waals surface area contributed by atoms with Crippen molar-refractivity contribution in [2.45, 2.75) is 14.7 Å². The Hall–Kier alpha value is -4.57. The highest BCUT2D eigenvalue weighted by Crippen LogP contribution is 2.43. The molecule has 0 amide bonds. The third kappa shape index (κ3) is 6.20. The molecule has 0 spiro atoms. The van der Waals surface area contributed by atoms with Crippen LogP contribution in [0.15, 0.2) is 79.5 Å². The van der Waals surface area contributed by atoms with Crippen LogP contribution in [0.2, 0.25) is 5.28 Å². The molecule has 234 valence electrons. The van der Waals surface area contributed by atoms with Crippen molar-refractivity contribution in [2.75, 3.05) is 17.7 Å². The van der Waals surface area contributed by atoms with Crippen LogP contribution in [0, 0.1) is 0 Å². The molecule has 17 nitrogen and oxygen atoms in total. The van der Waals surface area contributed by atoms with Gasteiger partial charge in [0.15, 0.2) is 5.75 Å². The largest absolute Gasteiger partial charge is 0.505 e. The molecule has 21 heteroatoms. The first-order valence-electron chi connectivity index (χ1n) is 12.0. The van der Waals surface area contributed by atoms with Crippen molar-refractivity contribution in [3.63, 3.8) is 0 Å². The minimum absolute atomic E-state index is 0.0213. The van der Waals surface area contributed by atoms with Gasteiger partial charge in [0, 0.05) is 28.9 Å². The molecule has 45 heavy (non-hydrogen) atoms. The molecule has 0 atom stereocenters. The van der Waals surface area contributed by atoms with E-state index in [1.807, 2.05) is 0 Å². The summed E-state index contributed by atoms with van der Waals surface area (Å²) in [6, 6.07) is 10.4. The molecule has 0 radical (unpaired) electrons. The van der Waals surface area contributed by atoms with E-state index in [0.29, 0.717) is 5.69 Å². The first-order valence-corrected chi connectivity index (χ1v) is 16.7. The van der Waals surface area contributed by atoms with Gasteiger partial charge in [-0.15, -0.1) is 10.2 Å². The summed E-state index contributed by atoms with van der Waals surface area (Å²) in [4.78, 5) is 10.5. The van der Waals surface area contributed by atoms with E-state index in [1.54, 1.807) is 0 Å². The first kappa shape index (κ1) is 31.8. The normalized spacial score (nSPS) is 12.7. The summed E-state index contributed by atoms with van der Waals surface area (Å²) >= 11 is 5.85. The molecule has 0 saturated heterocycles. The van der Waals surface area contributed by atoms with E-state index in [9.17, 15) is 44.0 Å². The molecule has 0 fully saturated rings. The number of hydrogen-bond donors (Lipinski definition) is 5. The molecule has 0 aliphatic rings. The molecule has 6 N–H and O–H groups in total. The van der Waals surface area contributed by atoms with Crippen LogP contribution in [-0.2, 0) is 30.4 Å². The van der Waals surface area contributed by atoms with Crippen LogP contribution in [0.1, 0.15) is 0 Å². The van der Waals surface area contributed by atoms with Crippen LogP contribution in [0.4, 0.5) is 29.0 Å². The average Bonchev–Trinajstić information content (AvgIpc) is 2.93. The van der Waals surface area contributed by atoms with Crippen molar-refractivity contribution in [1.29, 1.82) is 0 Å². The van der Waals surface area contributed by atoms with Crippen molar-refractivity contribution in [3.8, 4) is 5.75 Å². The van der Waals surface area contributed by atoms with E-state index in [4.69, 9.17) is 17.3 Å². The lowest BCUT2D eigenvalue weighted by atomic mass is 10.1. The number of nitrogens with two attached hydrogens (primary N) is 1. The zero-order valence-corrected chi connectivity index (χ0v) is 25.5. The Morgan fingerprint density at radius 3 is 2.07 bits per heavy atom. The summed E-state index contributed by atoms with van der Waals surface area (Å²) in [6.45, 7) is 0. The smallest absolute Gasteiger partial charge is 0.297 e. The SMILES string of the molecule is CN(c1ccc2c(O)c(/N=N/c3ccc4c(S(=O)(=O)O)cccc4c3S(=O)(=O)O)c(S(=O)(=O)O)cc2c1)c1nc(N)nc(Cl)n1. The number of nitrogens with zero attached hydrogens (tertiary/aromatic N) is 6. The molecule has 0 aliphatic heterocycles. The summed E-state index contributed by atoms with van der Waals surface area (Å²) in [5.41, 5.74) is 4.58. The predicted molar refractivity (Wildman–Crippen MR) is 160 cm³/mol. The third-order valence-electron chi connectivity index (χ3n) is 6.36. The van der Waals surface area contributed by atoms with E-state index in [-0.39, 0.29) is 38.7 Å². The molecular weight excluding hydrogens is 678 g/mol. The molecule has 0 aliphatic carbocycles. The lowest BCUT2D eigenvalue weighted by Gasteiger charge is -2.18. The molecular formula is C24H18ClN7O10S3. The zero-order valence-electron chi connectivity index (χ0n) is 22.3. The van der Waals surface area contributed by atoms with Gasteiger partial charge >= 0.3 is 0 Å². The van der Waals surface area contributed by atoms with Crippen LogP contribution >= 0.6 is 11.6 Å². The number of nitrogen functional groups attached to an aromatic ring is 1. The van der Waals surface area contributed by atoms with Crippen LogP contribution in [-0.4, -0.2) is 66.0 Å². The Morgan fingerprint density at radius 1 is 0.778 bits per heavy atom. The second-order valence-electron chi connectivity index (χ2n) is 9.19. The molecule has 1 aromatic heterocycles. The highest BCUT2D eigenvalue weighted by molar-refractivity contribution is 7.86. The first-order chi connectivity index (χ1) is 20.9. The van der Waals surface area contributed by atoms with Crippen molar-refractivity contribution in [1.82, 2.24) is 15.0 Å². The van der Waals surface area contributed by atoms with Gasteiger partial charge in [0.25, 0.3) is 30.4 Å². The summed E-state index contributed by atoms with van der Waals surface area (Å²) in [7, 11) is -13.5. The highest BCUT2D eigenvalue weighted by atomic mass is 35.5. The quantitative estimate of drug-likeness (QED) is 0.119. The van der Waals surface area contributed by atoms with E-state index in [2.05, 4.69) is 25.2 Å². The lowest BCUT2D eigenvalue weighted by Crippen LogP contribution is -2.14. The van der Waals surface area contributed by atoms with E-state index in [1.165, 1.54) is 30.1 Å². The van der Waals surface area contributed by atoms with Gasteiger partial charge < -0.3 is 15.7 Å². The number of aromatic nitrogens is 3. The molecule has 4 aromatic carbocycles. The maximum Gasteiger partial charge on any atom is 0.297 e. The fraction of sp³-hybridized carbons (Fsp3) is 0.0417. The van der Waals surface area contributed by atoms with Gasteiger partial charge in [0.2, 0.25) is 17.2 Å². The summed E-state index contributed by atoms with van der Waals surface area (Å²) in [5, 5.41) is 17.7. The fourth-order valence-corrected chi connectivity index (χ4v) is 6.78. The highest BCUT2D eigenvalue weighted by Gasteiger charge is 2.26. The van der Waals surface area contributed by atoms with Gasteiger partial charge in [-0.2, -0.15) is 40.2 Å². The Bertz CT molecular complexity index is 2400. The van der Waals surface area contributed by atoms with Crippen LogP contribution in [0.25, 0.3) is 21.5 Å². The topological polar surface area (TPSA) is 276 Å². The Kier molecular flexibility index (Phi) is 7.85. The van der Waals surface area contributed by atoms with E-state index in [0.717, 1.165) is 36.4 Å². The molecule has 1 heterocycles. The van der Waals surface area contributed by atoms with Crippen LogP contribution in [0.5, 0.6) is 5.75 Å². The maximum absolute atomic E-state index is 12.4. The average molecular weight is 696 g/mol. The van der Waals surface area contributed by atoms with E-state index < -0.39 is 62.2 Å². The standard InChI is InChI=1S/C24H18ClN7O10S3/c1-32(24-28-22(25)27-23(26)29-24)12-5-6-13-11(9-12)10-18(44(37,38)39)19(20(13)33)31-30-16-8-7-14-15(21(16)45(40,41)42)3-2-4-17(14)43(34,35)36/h2-10,33H,1H3,(H,34,35,36)(H,37,38,39)(H,40,41,42)(H2,26,27,28,29)/b31-30+. The van der Waals surface area contributed by atoms with Crippen LogP contribution < -0.4 is 10.6 Å². The van der Waals surface area contributed by atoms with Gasteiger partial charge in [-0.25, -0.2) is 0 Å². The Morgan fingerprint density at radius 2 is 1.44 bits per heavy atom. The van der Waals surface area contributed by atoms with Gasteiger partial charge in [-0.3, -0.25) is 13.7 Å². The third-order valence-corrected chi connectivity index (χ3v) is 9.25. The number of anilines is 3. The minimum Gasteiger partial charge on any atom is -0.505 e. The Labute approximate surface area is 258 Å². The van der Waals surface area contributed by atoms with Crippen LogP contribution in [0.3, 0.4) is 0 Å². The number of phenols is 1. The second-order valence-corrected chi connectivity index (χ2v) is 13.7. The Balaban J connectivity index is 1.69. The van der Waals surface area contributed by atoms with Gasteiger partial charge in [-0.05, 0) is 53.4 Å². The summed E-state index contributed by atoms with van der Waals surface area (Å²) in [6.07, 6.45) is 0. The number of phenolic OH excluding ortho intramolecular Hbond substituents is 1. The number of benzene rings is 4. The maximum atomic E-state index is 12.4. The zero-order chi connectivity index (χ0) is 33.1. The number of hydrogen-bond acceptors (Lipinski definition) is 14. The number of halogens is 1. The number of rotatable bonds is 7. The van der Waals surface area contributed by atoms with Crippen molar-refractivity contribution >= 4 is 92.5 Å². The summed E-state index contributed by atoms with van der Waals surface area (Å²) in [5.74, 6) is -0.917.